The summed E-state index contributed by atoms with van der Waals surface area (Å²) >= 11 is 0. The zero-order valence-electron chi connectivity index (χ0n) is 16.1. The molecule has 1 saturated heterocycles. The normalized spacial score (nSPS) is 15.1. The molecule has 0 bridgehead atoms. The molecule has 0 amide bonds. The van der Waals surface area contributed by atoms with Gasteiger partial charge in [0.05, 0.1) is 6.61 Å². The maximum absolute atomic E-state index is 11.3. The SMILES string of the molecule is Cc1cccnc1N1CCN(CCCOc2ccc3ccc(=O)oc3c2)CC1. The second-order valence-corrected chi connectivity index (χ2v) is 7.13. The molecular weight excluding hydrogens is 354 g/mol. The molecule has 6 heteroatoms. The number of aromatic nitrogens is 1. The molecule has 6 nitrogen and oxygen atoms in total. The number of rotatable bonds is 6. The maximum Gasteiger partial charge on any atom is 0.336 e. The molecule has 0 aliphatic carbocycles. The molecule has 1 aromatic carbocycles. The minimum absolute atomic E-state index is 0.343. The maximum atomic E-state index is 11.3. The van der Waals surface area contributed by atoms with Crippen LogP contribution in [0.25, 0.3) is 11.0 Å². The number of hydrogen-bond donors (Lipinski definition) is 0. The number of nitrogens with zero attached hydrogens (tertiary/aromatic N) is 3. The minimum Gasteiger partial charge on any atom is -0.493 e. The van der Waals surface area contributed by atoms with Crippen LogP contribution in [0.2, 0.25) is 0 Å². The molecule has 0 saturated carbocycles. The van der Waals surface area contributed by atoms with Crippen LogP contribution >= 0.6 is 0 Å². The van der Waals surface area contributed by atoms with Crippen LogP contribution in [-0.2, 0) is 0 Å². The Morgan fingerprint density at radius 3 is 2.75 bits per heavy atom. The number of hydrogen-bond acceptors (Lipinski definition) is 6. The molecule has 1 aliphatic rings. The van der Waals surface area contributed by atoms with Crippen LogP contribution in [0.1, 0.15) is 12.0 Å². The third-order valence-electron chi connectivity index (χ3n) is 5.14. The fourth-order valence-electron chi connectivity index (χ4n) is 3.60. The summed E-state index contributed by atoms with van der Waals surface area (Å²) in [5, 5.41) is 0.896. The molecule has 3 heterocycles. The highest BCUT2D eigenvalue weighted by Crippen LogP contribution is 2.20. The summed E-state index contributed by atoms with van der Waals surface area (Å²) in [6.45, 7) is 7.85. The van der Waals surface area contributed by atoms with Gasteiger partial charge in [0.2, 0.25) is 0 Å². The third kappa shape index (κ3) is 4.34. The number of piperazine rings is 1. The van der Waals surface area contributed by atoms with Gasteiger partial charge in [-0.1, -0.05) is 6.07 Å². The Labute approximate surface area is 164 Å². The summed E-state index contributed by atoms with van der Waals surface area (Å²) in [6.07, 6.45) is 2.82. The summed E-state index contributed by atoms with van der Waals surface area (Å²) in [6, 6.07) is 12.9. The predicted octanol–water partition coefficient (Wildman–Crippen LogP) is 3.09. The minimum atomic E-state index is -0.343. The first-order valence-corrected chi connectivity index (χ1v) is 9.75. The molecule has 1 fully saturated rings. The molecule has 0 atom stereocenters. The van der Waals surface area contributed by atoms with Crippen molar-refractivity contribution in [3.8, 4) is 5.75 Å². The van der Waals surface area contributed by atoms with E-state index < -0.39 is 0 Å². The van der Waals surface area contributed by atoms with Gasteiger partial charge in [-0.05, 0) is 43.2 Å². The van der Waals surface area contributed by atoms with Crippen LogP contribution in [0.3, 0.4) is 0 Å². The monoisotopic (exact) mass is 379 g/mol. The van der Waals surface area contributed by atoms with Crippen LogP contribution in [0, 0.1) is 6.92 Å². The van der Waals surface area contributed by atoms with Crippen LogP contribution in [0.5, 0.6) is 5.75 Å². The number of aryl methyl sites for hydroxylation is 1. The van der Waals surface area contributed by atoms with Gasteiger partial charge in [-0.25, -0.2) is 9.78 Å². The van der Waals surface area contributed by atoms with E-state index in [1.165, 1.54) is 11.6 Å². The number of fused-ring (bicyclic) bond motifs is 1. The third-order valence-corrected chi connectivity index (χ3v) is 5.14. The largest absolute Gasteiger partial charge is 0.493 e. The van der Waals surface area contributed by atoms with Crippen molar-refractivity contribution in [1.82, 2.24) is 9.88 Å². The van der Waals surface area contributed by atoms with E-state index in [0.29, 0.717) is 12.2 Å². The highest BCUT2D eigenvalue weighted by Gasteiger charge is 2.18. The van der Waals surface area contributed by atoms with Gasteiger partial charge >= 0.3 is 5.63 Å². The Morgan fingerprint density at radius 1 is 1.11 bits per heavy atom. The van der Waals surface area contributed by atoms with Crippen molar-refractivity contribution in [2.45, 2.75) is 13.3 Å². The van der Waals surface area contributed by atoms with Gasteiger partial charge < -0.3 is 14.1 Å². The fourth-order valence-corrected chi connectivity index (χ4v) is 3.60. The standard InChI is InChI=1S/C22H25N3O3/c1-17-4-2-9-23-22(17)25-13-11-24(12-14-25)10-3-15-27-19-7-5-18-6-8-21(26)28-20(18)16-19/h2,4-9,16H,3,10-15H2,1H3. The lowest BCUT2D eigenvalue weighted by Gasteiger charge is -2.36. The van der Waals surface area contributed by atoms with E-state index in [-0.39, 0.29) is 5.63 Å². The molecule has 0 spiro atoms. The summed E-state index contributed by atoms with van der Waals surface area (Å²) in [5.41, 5.74) is 1.45. The number of anilines is 1. The lowest BCUT2D eigenvalue weighted by atomic mass is 10.2. The molecule has 146 valence electrons. The quantitative estimate of drug-likeness (QED) is 0.485. The topological polar surface area (TPSA) is 58.8 Å². The van der Waals surface area contributed by atoms with E-state index in [2.05, 4.69) is 27.8 Å². The average molecular weight is 379 g/mol. The summed E-state index contributed by atoms with van der Waals surface area (Å²) in [4.78, 5) is 20.7. The predicted molar refractivity (Wildman–Crippen MR) is 110 cm³/mol. The van der Waals surface area contributed by atoms with E-state index in [1.54, 1.807) is 12.1 Å². The zero-order valence-corrected chi connectivity index (χ0v) is 16.1. The number of pyridine rings is 1. The van der Waals surface area contributed by atoms with Crippen LogP contribution < -0.4 is 15.3 Å². The van der Waals surface area contributed by atoms with Crippen molar-refractivity contribution < 1.29 is 9.15 Å². The van der Waals surface area contributed by atoms with Crippen LogP contribution in [-0.4, -0.2) is 49.2 Å². The van der Waals surface area contributed by atoms with Crippen molar-refractivity contribution in [2.75, 3.05) is 44.2 Å². The Balaban J connectivity index is 1.22. The lowest BCUT2D eigenvalue weighted by molar-refractivity contribution is 0.224. The van der Waals surface area contributed by atoms with Gasteiger partial charge in [0, 0.05) is 56.4 Å². The Hall–Kier alpha value is -2.86. The van der Waals surface area contributed by atoms with E-state index in [0.717, 1.165) is 56.1 Å². The van der Waals surface area contributed by atoms with E-state index >= 15 is 0 Å². The lowest BCUT2D eigenvalue weighted by Crippen LogP contribution is -2.47. The van der Waals surface area contributed by atoms with E-state index in [9.17, 15) is 4.79 Å². The molecule has 4 rings (SSSR count). The first-order chi connectivity index (χ1) is 13.7. The number of benzene rings is 1. The van der Waals surface area contributed by atoms with Gasteiger partial charge in [-0.15, -0.1) is 0 Å². The molecule has 0 N–H and O–H groups in total. The van der Waals surface area contributed by atoms with Gasteiger partial charge in [0.25, 0.3) is 0 Å². The molecule has 0 unspecified atom stereocenters. The fraction of sp³-hybridized carbons (Fsp3) is 0.364. The molecular formula is C22H25N3O3. The van der Waals surface area contributed by atoms with Crippen molar-refractivity contribution in [3.05, 3.63) is 64.6 Å². The second kappa shape index (κ2) is 8.44. The Morgan fingerprint density at radius 2 is 1.93 bits per heavy atom. The van der Waals surface area contributed by atoms with Crippen molar-refractivity contribution in [1.29, 1.82) is 0 Å². The Kier molecular flexibility index (Phi) is 5.58. The second-order valence-electron chi connectivity index (χ2n) is 7.13. The van der Waals surface area contributed by atoms with E-state index in [1.807, 2.05) is 24.4 Å². The molecule has 28 heavy (non-hydrogen) atoms. The molecule has 3 aromatic rings. The zero-order chi connectivity index (χ0) is 19.3. The van der Waals surface area contributed by atoms with Gasteiger partial charge in [-0.2, -0.15) is 0 Å². The highest BCUT2D eigenvalue weighted by molar-refractivity contribution is 5.77. The Bertz CT molecular complexity index is 993. The van der Waals surface area contributed by atoms with Crippen molar-refractivity contribution >= 4 is 16.8 Å². The molecule has 2 aromatic heterocycles. The van der Waals surface area contributed by atoms with Gasteiger partial charge in [0.15, 0.2) is 0 Å². The highest BCUT2D eigenvalue weighted by atomic mass is 16.5. The molecule has 0 radical (unpaired) electrons. The van der Waals surface area contributed by atoms with E-state index in [4.69, 9.17) is 9.15 Å². The van der Waals surface area contributed by atoms with Gasteiger partial charge in [0.1, 0.15) is 17.2 Å². The molecule has 1 aliphatic heterocycles. The van der Waals surface area contributed by atoms with Crippen LogP contribution in [0.4, 0.5) is 5.82 Å². The first kappa shape index (κ1) is 18.5. The van der Waals surface area contributed by atoms with Gasteiger partial charge in [-0.3, -0.25) is 4.90 Å². The first-order valence-electron chi connectivity index (χ1n) is 9.75. The number of ether oxygens (including phenoxy) is 1. The van der Waals surface area contributed by atoms with Crippen LogP contribution in [0.15, 0.2) is 57.9 Å². The smallest absolute Gasteiger partial charge is 0.336 e. The summed E-state index contributed by atoms with van der Waals surface area (Å²) < 4.78 is 11.0. The summed E-state index contributed by atoms with van der Waals surface area (Å²) in [5.74, 6) is 1.84. The summed E-state index contributed by atoms with van der Waals surface area (Å²) in [7, 11) is 0. The average Bonchev–Trinajstić information content (AvgIpc) is 2.72. The van der Waals surface area contributed by atoms with Crippen molar-refractivity contribution in [3.63, 3.8) is 0 Å². The van der Waals surface area contributed by atoms with Crippen molar-refractivity contribution in [2.24, 2.45) is 0 Å².